The van der Waals surface area contributed by atoms with Crippen molar-refractivity contribution in [1.29, 1.82) is 0 Å². The molecule has 0 radical (unpaired) electrons. The second-order valence-electron chi connectivity index (χ2n) is 7.56. The third kappa shape index (κ3) is 4.13. The van der Waals surface area contributed by atoms with Crippen LogP contribution >= 0.6 is 11.8 Å². The monoisotopic (exact) mass is 453 g/mol. The molecule has 1 N–H and O–H groups in total. The van der Waals surface area contributed by atoms with Crippen LogP contribution in [0.4, 0.5) is 10.1 Å². The van der Waals surface area contributed by atoms with Crippen molar-refractivity contribution >= 4 is 45.4 Å². The molecule has 7 nitrogen and oxygen atoms in total. The first kappa shape index (κ1) is 20.7. The van der Waals surface area contributed by atoms with Gasteiger partial charge in [0.25, 0.3) is 5.56 Å². The normalized spacial score (nSPS) is 16.1. The number of anilines is 1. The summed E-state index contributed by atoms with van der Waals surface area (Å²) in [5.41, 5.74) is 1.48. The first-order chi connectivity index (χ1) is 15.6. The predicted octanol–water partition coefficient (Wildman–Crippen LogP) is 4.19. The van der Waals surface area contributed by atoms with Crippen LogP contribution in [-0.2, 0) is 16.1 Å². The third-order valence-corrected chi connectivity index (χ3v) is 6.29. The fourth-order valence-corrected chi connectivity index (χ4v) is 4.58. The Balaban J connectivity index is 1.46. The average Bonchev–Trinajstić information content (AvgIpc) is 3.44. The number of ether oxygens (including phenoxy) is 1. The lowest BCUT2D eigenvalue weighted by molar-refractivity contribution is -0.113. The molecule has 1 fully saturated rings. The fraction of sp³-hybridized carbons (Fsp3) is 0.261. The van der Waals surface area contributed by atoms with E-state index in [0.717, 1.165) is 18.2 Å². The molecule has 0 aliphatic carbocycles. The van der Waals surface area contributed by atoms with Gasteiger partial charge in [0.2, 0.25) is 11.5 Å². The fourth-order valence-electron chi connectivity index (χ4n) is 3.78. The molecule has 3 heterocycles. The van der Waals surface area contributed by atoms with Gasteiger partial charge in [-0.15, -0.1) is 0 Å². The van der Waals surface area contributed by atoms with Crippen molar-refractivity contribution in [2.45, 2.75) is 30.6 Å². The topological polar surface area (TPSA) is 86.4 Å². The van der Waals surface area contributed by atoms with Crippen LogP contribution in [0.5, 0.6) is 0 Å². The molecule has 1 saturated heterocycles. The maximum atomic E-state index is 13.3. The molecule has 2 aromatic carbocycles. The molecule has 32 heavy (non-hydrogen) atoms. The lowest BCUT2D eigenvalue weighted by Gasteiger charge is -2.15. The Morgan fingerprint density at radius 2 is 2.03 bits per heavy atom. The van der Waals surface area contributed by atoms with Crippen molar-refractivity contribution in [1.82, 2.24) is 9.55 Å². The van der Waals surface area contributed by atoms with E-state index in [4.69, 9.17) is 14.1 Å². The van der Waals surface area contributed by atoms with Crippen LogP contribution in [0.15, 0.2) is 62.9 Å². The van der Waals surface area contributed by atoms with Gasteiger partial charge in [-0.1, -0.05) is 23.9 Å². The third-order valence-electron chi connectivity index (χ3n) is 5.32. The molecule has 1 amide bonds. The summed E-state index contributed by atoms with van der Waals surface area (Å²) in [5.74, 6) is -0.617. The van der Waals surface area contributed by atoms with Crippen LogP contribution in [0.2, 0.25) is 0 Å². The number of hydrogen-bond donors (Lipinski definition) is 1. The van der Waals surface area contributed by atoms with E-state index in [1.807, 2.05) is 18.2 Å². The lowest BCUT2D eigenvalue weighted by atomic mass is 10.2. The smallest absolute Gasteiger partial charge is 0.297 e. The van der Waals surface area contributed by atoms with Crippen LogP contribution in [0.3, 0.4) is 0 Å². The van der Waals surface area contributed by atoms with Gasteiger partial charge in [-0.05, 0) is 49.2 Å². The summed E-state index contributed by atoms with van der Waals surface area (Å²) in [6.45, 7) is 1.02. The van der Waals surface area contributed by atoms with Gasteiger partial charge in [0.05, 0.1) is 18.4 Å². The van der Waals surface area contributed by atoms with Crippen molar-refractivity contribution in [3.05, 3.63) is 64.7 Å². The highest BCUT2D eigenvalue weighted by Crippen LogP contribution is 2.28. The van der Waals surface area contributed by atoms with E-state index in [1.54, 1.807) is 6.07 Å². The molecule has 9 heteroatoms. The first-order valence-electron chi connectivity index (χ1n) is 10.3. The van der Waals surface area contributed by atoms with Gasteiger partial charge in [-0.2, -0.15) is 0 Å². The van der Waals surface area contributed by atoms with E-state index in [-0.39, 0.29) is 34.7 Å². The molecule has 5 rings (SSSR count). The predicted molar refractivity (Wildman–Crippen MR) is 121 cm³/mol. The Kier molecular flexibility index (Phi) is 5.67. The summed E-state index contributed by atoms with van der Waals surface area (Å²) in [6.07, 6.45) is 1.73. The second-order valence-corrected chi connectivity index (χ2v) is 8.51. The zero-order valence-electron chi connectivity index (χ0n) is 17.0. The van der Waals surface area contributed by atoms with E-state index in [0.29, 0.717) is 35.1 Å². The molecule has 164 valence electrons. The molecule has 1 atom stereocenters. The average molecular weight is 453 g/mol. The molecular formula is C23H20FN3O4S. The lowest BCUT2D eigenvalue weighted by Crippen LogP contribution is -2.29. The van der Waals surface area contributed by atoms with Crippen LogP contribution in [0.25, 0.3) is 22.1 Å². The number of hydrogen-bond acceptors (Lipinski definition) is 6. The van der Waals surface area contributed by atoms with Gasteiger partial charge in [0, 0.05) is 17.7 Å². The van der Waals surface area contributed by atoms with Gasteiger partial charge >= 0.3 is 0 Å². The molecule has 0 saturated carbocycles. The number of benzene rings is 2. The summed E-state index contributed by atoms with van der Waals surface area (Å²) >= 11 is 1.17. The minimum Gasteiger partial charge on any atom is -0.448 e. The minimum absolute atomic E-state index is 0.0383. The number of aromatic nitrogens is 2. The number of para-hydroxylation sites is 1. The largest absolute Gasteiger partial charge is 0.448 e. The van der Waals surface area contributed by atoms with E-state index in [9.17, 15) is 14.0 Å². The number of nitrogens with one attached hydrogen (secondary N) is 1. The number of thioether (sulfide) groups is 1. The highest BCUT2D eigenvalue weighted by atomic mass is 32.2. The van der Waals surface area contributed by atoms with E-state index in [2.05, 4.69) is 5.32 Å². The Labute approximate surface area is 186 Å². The van der Waals surface area contributed by atoms with E-state index < -0.39 is 0 Å². The zero-order valence-corrected chi connectivity index (χ0v) is 17.9. The molecule has 0 spiro atoms. The van der Waals surface area contributed by atoms with Gasteiger partial charge in [-0.3, -0.25) is 14.2 Å². The van der Waals surface area contributed by atoms with Crippen molar-refractivity contribution in [2.75, 3.05) is 17.7 Å². The quantitative estimate of drug-likeness (QED) is 0.348. The van der Waals surface area contributed by atoms with Crippen LogP contribution in [-0.4, -0.2) is 33.9 Å². The van der Waals surface area contributed by atoms with E-state index in [1.165, 1.54) is 40.6 Å². The number of carbonyl (C=O) groups excluding carboxylic acids is 1. The Morgan fingerprint density at radius 1 is 1.22 bits per heavy atom. The summed E-state index contributed by atoms with van der Waals surface area (Å²) in [7, 11) is 0. The van der Waals surface area contributed by atoms with Crippen molar-refractivity contribution in [3.8, 4) is 0 Å². The number of rotatable bonds is 6. The molecule has 0 bridgehead atoms. The minimum atomic E-state index is -0.375. The Morgan fingerprint density at radius 3 is 2.81 bits per heavy atom. The summed E-state index contributed by atoms with van der Waals surface area (Å²) in [4.78, 5) is 30.5. The number of carbonyl (C=O) groups is 1. The van der Waals surface area contributed by atoms with E-state index >= 15 is 0 Å². The Bertz CT molecular complexity index is 1340. The standard InChI is InChI=1S/C23H20FN3O4S/c24-14-7-9-15(10-8-14)25-19(28)13-32-23-26-20-17-5-1-2-6-18(17)31-21(20)22(29)27(23)12-16-4-3-11-30-16/h1-2,5-10,16H,3-4,11-13H2,(H,25,28). The van der Waals surface area contributed by atoms with Crippen LogP contribution < -0.4 is 10.9 Å². The van der Waals surface area contributed by atoms with Gasteiger partial charge in [-0.25, -0.2) is 9.37 Å². The molecule has 1 unspecified atom stereocenters. The summed E-state index contributed by atoms with van der Waals surface area (Å²) in [5, 5.41) is 3.90. The molecule has 1 aliphatic heterocycles. The second kappa shape index (κ2) is 8.76. The number of nitrogens with zero attached hydrogens (tertiary/aromatic N) is 2. The molecule has 2 aromatic heterocycles. The molecule has 1 aliphatic rings. The SMILES string of the molecule is O=C(CSc1nc2c(oc3ccccc32)c(=O)n1CC1CCCO1)Nc1ccc(F)cc1. The van der Waals surface area contributed by atoms with Crippen molar-refractivity contribution in [2.24, 2.45) is 0 Å². The maximum Gasteiger partial charge on any atom is 0.297 e. The molecular weight excluding hydrogens is 433 g/mol. The summed E-state index contributed by atoms with van der Waals surface area (Å²) in [6, 6.07) is 12.9. The number of halogens is 1. The van der Waals surface area contributed by atoms with Crippen molar-refractivity contribution in [3.63, 3.8) is 0 Å². The van der Waals surface area contributed by atoms with Gasteiger partial charge < -0.3 is 14.5 Å². The van der Waals surface area contributed by atoms with Crippen molar-refractivity contribution < 1.29 is 18.3 Å². The Hall–Kier alpha value is -3.17. The number of amides is 1. The number of fused-ring (bicyclic) bond motifs is 3. The van der Waals surface area contributed by atoms with Crippen LogP contribution in [0, 0.1) is 5.82 Å². The first-order valence-corrected chi connectivity index (χ1v) is 11.3. The van der Waals surface area contributed by atoms with Gasteiger partial charge in [0.15, 0.2) is 5.16 Å². The highest BCUT2D eigenvalue weighted by Gasteiger charge is 2.23. The molecule has 4 aromatic rings. The summed E-state index contributed by atoms with van der Waals surface area (Å²) < 4.78 is 26.1. The van der Waals surface area contributed by atoms with Gasteiger partial charge in [0.1, 0.15) is 16.9 Å². The zero-order chi connectivity index (χ0) is 22.1. The number of furan rings is 1. The maximum absolute atomic E-state index is 13.3. The van der Waals surface area contributed by atoms with Crippen LogP contribution in [0.1, 0.15) is 12.8 Å². The highest BCUT2D eigenvalue weighted by molar-refractivity contribution is 7.99.